The van der Waals surface area contributed by atoms with Crippen molar-refractivity contribution >= 4 is 23.2 Å². The molecule has 2 aromatic carbocycles. The Bertz CT molecular complexity index is 1030. The summed E-state index contributed by atoms with van der Waals surface area (Å²) in [6, 6.07) is 11.7. The second kappa shape index (κ2) is 7.86. The first-order chi connectivity index (χ1) is 14.6. The minimum atomic E-state index is -4.67. The standard InChI is InChI=1S/C23H22ClF3N2O2/c1-3-15-8-19(10-20(24)9-15)22(23(25,26)27)11-21(28-31-22)17-6-4-16(5-7-17)18-12-29(13-18)14(2)30/h4-10,18H,3,11-13H2,1-2H3. The summed E-state index contributed by atoms with van der Waals surface area (Å²) in [5, 5.41) is 4.07. The van der Waals surface area contributed by atoms with Crippen LogP contribution in [-0.4, -0.2) is 35.8 Å². The zero-order valence-corrected chi connectivity index (χ0v) is 17.9. The van der Waals surface area contributed by atoms with Crippen LogP contribution in [0.5, 0.6) is 0 Å². The molecule has 0 saturated carbocycles. The van der Waals surface area contributed by atoms with E-state index in [1.807, 2.05) is 19.1 Å². The number of benzene rings is 2. The Labute approximate surface area is 183 Å². The molecule has 2 heterocycles. The fourth-order valence-corrected chi connectivity index (χ4v) is 4.30. The largest absolute Gasteiger partial charge is 0.435 e. The molecule has 164 valence electrons. The molecule has 0 bridgehead atoms. The monoisotopic (exact) mass is 450 g/mol. The lowest BCUT2D eigenvalue weighted by Gasteiger charge is -2.39. The van der Waals surface area contributed by atoms with E-state index in [9.17, 15) is 18.0 Å². The van der Waals surface area contributed by atoms with Crippen LogP contribution in [0.4, 0.5) is 13.2 Å². The number of carbonyl (C=O) groups is 1. The molecule has 1 saturated heterocycles. The topological polar surface area (TPSA) is 41.9 Å². The maximum atomic E-state index is 14.2. The maximum absolute atomic E-state index is 14.2. The van der Waals surface area contributed by atoms with E-state index in [4.69, 9.17) is 16.4 Å². The van der Waals surface area contributed by atoms with E-state index in [-0.39, 0.29) is 28.1 Å². The highest BCUT2D eigenvalue weighted by molar-refractivity contribution is 6.30. The Kier molecular flexibility index (Phi) is 5.50. The van der Waals surface area contributed by atoms with Crippen molar-refractivity contribution in [3.63, 3.8) is 0 Å². The molecular formula is C23H22ClF3N2O2. The molecule has 2 aromatic rings. The van der Waals surface area contributed by atoms with Crippen molar-refractivity contribution in [2.45, 2.75) is 44.4 Å². The molecule has 0 aliphatic carbocycles. The first-order valence-electron chi connectivity index (χ1n) is 10.1. The van der Waals surface area contributed by atoms with Gasteiger partial charge in [0, 0.05) is 42.9 Å². The molecule has 1 unspecified atom stereocenters. The van der Waals surface area contributed by atoms with Crippen LogP contribution in [-0.2, 0) is 21.7 Å². The molecule has 1 amide bonds. The minimum Gasteiger partial charge on any atom is -0.374 e. The zero-order valence-electron chi connectivity index (χ0n) is 17.2. The first kappa shape index (κ1) is 21.7. The molecule has 1 atom stereocenters. The Morgan fingerprint density at radius 2 is 1.90 bits per heavy atom. The molecule has 2 aliphatic heterocycles. The van der Waals surface area contributed by atoms with Gasteiger partial charge in [-0.1, -0.05) is 54.0 Å². The zero-order chi connectivity index (χ0) is 22.4. The van der Waals surface area contributed by atoms with Gasteiger partial charge in [-0.15, -0.1) is 0 Å². The Morgan fingerprint density at radius 1 is 1.23 bits per heavy atom. The molecule has 0 radical (unpaired) electrons. The molecule has 0 N–H and O–H groups in total. The smallest absolute Gasteiger partial charge is 0.374 e. The number of alkyl halides is 3. The molecule has 8 heteroatoms. The summed E-state index contributed by atoms with van der Waals surface area (Å²) >= 11 is 6.08. The predicted octanol–water partition coefficient (Wildman–Crippen LogP) is 5.43. The van der Waals surface area contributed by atoms with Crippen LogP contribution in [0.2, 0.25) is 5.02 Å². The van der Waals surface area contributed by atoms with Gasteiger partial charge in [-0.05, 0) is 35.2 Å². The highest BCUT2D eigenvalue weighted by Crippen LogP contribution is 2.49. The van der Waals surface area contributed by atoms with Crippen molar-refractivity contribution in [1.29, 1.82) is 0 Å². The molecule has 1 fully saturated rings. The van der Waals surface area contributed by atoms with Gasteiger partial charge in [0.2, 0.25) is 5.91 Å². The number of amides is 1. The van der Waals surface area contributed by atoms with Gasteiger partial charge in [0.1, 0.15) is 0 Å². The van der Waals surface area contributed by atoms with Crippen LogP contribution in [0.1, 0.15) is 48.4 Å². The second-order valence-corrected chi connectivity index (χ2v) is 8.51. The number of aryl methyl sites for hydroxylation is 1. The fraction of sp³-hybridized carbons (Fsp3) is 0.391. The van der Waals surface area contributed by atoms with Crippen molar-refractivity contribution in [1.82, 2.24) is 4.90 Å². The van der Waals surface area contributed by atoms with Gasteiger partial charge in [-0.2, -0.15) is 13.2 Å². The average Bonchev–Trinajstić information content (AvgIpc) is 3.13. The van der Waals surface area contributed by atoms with Crippen molar-refractivity contribution in [2.75, 3.05) is 13.1 Å². The van der Waals surface area contributed by atoms with Gasteiger partial charge >= 0.3 is 6.18 Å². The van der Waals surface area contributed by atoms with Gasteiger partial charge in [0.15, 0.2) is 0 Å². The van der Waals surface area contributed by atoms with Gasteiger partial charge in [-0.3, -0.25) is 4.79 Å². The van der Waals surface area contributed by atoms with E-state index < -0.39 is 18.2 Å². The van der Waals surface area contributed by atoms with Crippen LogP contribution in [0.25, 0.3) is 0 Å². The average molecular weight is 451 g/mol. The van der Waals surface area contributed by atoms with E-state index in [1.165, 1.54) is 19.1 Å². The lowest BCUT2D eigenvalue weighted by Crippen LogP contribution is -2.47. The summed E-state index contributed by atoms with van der Waals surface area (Å²) in [6.07, 6.45) is -4.55. The van der Waals surface area contributed by atoms with E-state index in [1.54, 1.807) is 23.1 Å². The number of nitrogens with zero attached hydrogens (tertiary/aromatic N) is 2. The quantitative estimate of drug-likeness (QED) is 0.623. The van der Waals surface area contributed by atoms with Crippen LogP contribution < -0.4 is 0 Å². The van der Waals surface area contributed by atoms with Gasteiger partial charge in [0.05, 0.1) is 5.71 Å². The van der Waals surface area contributed by atoms with Crippen molar-refractivity contribution in [3.8, 4) is 0 Å². The van der Waals surface area contributed by atoms with E-state index >= 15 is 0 Å². The van der Waals surface area contributed by atoms with Crippen LogP contribution >= 0.6 is 11.6 Å². The van der Waals surface area contributed by atoms with Crippen molar-refractivity contribution in [3.05, 3.63) is 69.7 Å². The molecule has 4 nitrogen and oxygen atoms in total. The molecule has 0 aromatic heterocycles. The summed E-state index contributed by atoms with van der Waals surface area (Å²) in [5.41, 5.74) is -0.0427. The van der Waals surface area contributed by atoms with E-state index in [2.05, 4.69) is 5.16 Å². The summed E-state index contributed by atoms with van der Waals surface area (Å²) in [4.78, 5) is 18.2. The second-order valence-electron chi connectivity index (χ2n) is 8.08. The predicted molar refractivity (Wildman–Crippen MR) is 112 cm³/mol. The normalized spacial score (nSPS) is 21.5. The highest BCUT2D eigenvalue weighted by Gasteiger charge is 2.62. The number of carbonyl (C=O) groups excluding carboxylic acids is 1. The number of likely N-dealkylation sites (tertiary alicyclic amines) is 1. The number of oxime groups is 1. The summed E-state index contributed by atoms with van der Waals surface area (Å²) in [5.74, 6) is 0.286. The van der Waals surface area contributed by atoms with Crippen LogP contribution in [0, 0.1) is 0 Å². The third-order valence-electron chi connectivity index (χ3n) is 6.06. The van der Waals surface area contributed by atoms with E-state index in [0.717, 1.165) is 5.56 Å². The summed E-state index contributed by atoms with van der Waals surface area (Å²) in [7, 11) is 0. The van der Waals surface area contributed by atoms with Crippen molar-refractivity contribution < 1.29 is 22.8 Å². The fourth-order valence-electron chi connectivity index (χ4n) is 4.04. The maximum Gasteiger partial charge on any atom is 0.435 e. The summed E-state index contributed by atoms with van der Waals surface area (Å²) < 4.78 is 42.6. The highest BCUT2D eigenvalue weighted by atomic mass is 35.5. The molecule has 0 spiro atoms. The minimum absolute atomic E-state index is 0.0427. The third-order valence-corrected chi connectivity index (χ3v) is 6.28. The van der Waals surface area contributed by atoms with E-state index in [0.29, 0.717) is 30.6 Å². The number of hydrogen-bond acceptors (Lipinski definition) is 3. The first-order valence-corrected chi connectivity index (χ1v) is 10.5. The molecule has 4 rings (SSSR count). The Morgan fingerprint density at radius 3 is 2.48 bits per heavy atom. The van der Waals surface area contributed by atoms with Crippen LogP contribution in [0.15, 0.2) is 47.6 Å². The number of rotatable bonds is 4. The lowest BCUT2D eigenvalue weighted by molar-refractivity contribution is -0.275. The van der Waals surface area contributed by atoms with Gasteiger partial charge in [-0.25, -0.2) is 0 Å². The number of halogens is 4. The third kappa shape index (κ3) is 3.91. The lowest BCUT2D eigenvalue weighted by atomic mass is 9.85. The summed E-state index contributed by atoms with van der Waals surface area (Å²) in [6.45, 7) is 4.70. The van der Waals surface area contributed by atoms with Gasteiger partial charge in [0.25, 0.3) is 5.60 Å². The number of hydrogen-bond donors (Lipinski definition) is 0. The van der Waals surface area contributed by atoms with Crippen molar-refractivity contribution in [2.24, 2.45) is 5.16 Å². The van der Waals surface area contributed by atoms with Gasteiger partial charge < -0.3 is 9.74 Å². The molecule has 31 heavy (non-hydrogen) atoms. The Balaban J connectivity index is 1.57. The SMILES string of the molecule is CCc1cc(Cl)cc(C2(C(F)(F)F)CC(c3ccc(C4CN(C(C)=O)C4)cc3)=NO2)c1. The molecular weight excluding hydrogens is 429 g/mol. The Hall–Kier alpha value is -2.54. The molecule has 2 aliphatic rings. The van der Waals surface area contributed by atoms with Crippen LogP contribution in [0.3, 0.4) is 0 Å².